The average Bonchev–Trinajstić information content (AvgIpc) is 2.25. The van der Waals surface area contributed by atoms with Gasteiger partial charge in [-0.2, -0.15) is 0 Å². The Morgan fingerprint density at radius 3 is 2.60 bits per heavy atom. The molecule has 0 atom stereocenters. The van der Waals surface area contributed by atoms with E-state index in [4.69, 9.17) is 4.74 Å². The van der Waals surface area contributed by atoms with E-state index in [-0.39, 0.29) is 5.97 Å². The molecule has 0 aliphatic heterocycles. The highest BCUT2D eigenvalue weighted by Gasteiger charge is 1.97. The topological polar surface area (TPSA) is 29.5 Å². The standard InChI is InChI=1S/C12H15NO2/c1-13(2)9-8-12(14)15-10-11-6-4-3-5-7-11/h3-9H,10H2,1-2H3. The van der Waals surface area contributed by atoms with E-state index in [1.165, 1.54) is 6.08 Å². The molecule has 3 heteroatoms. The van der Waals surface area contributed by atoms with Gasteiger partial charge in [-0.15, -0.1) is 0 Å². The normalized spacial score (nSPS) is 10.3. The molecule has 0 aliphatic carbocycles. The van der Waals surface area contributed by atoms with E-state index in [1.807, 2.05) is 44.4 Å². The minimum Gasteiger partial charge on any atom is -0.458 e. The van der Waals surface area contributed by atoms with Gasteiger partial charge in [0, 0.05) is 26.4 Å². The third-order valence-electron chi connectivity index (χ3n) is 1.73. The first-order valence-corrected chi connectivity index (χ1v) is 4.74. The number of nitrogens with zero attached hydrogens (tertiary/aromatic N) is 1. The lowest BCUT2D eigenvalue weighted by molar-refractivity contribution is -0.139. The number of hydrogen-bond donors (Lipinski definition) is 0. The minimum absolute atomic E-state index is 0.317. The van der Waals surface area contributed by atoms with Crippen LogP contribution in [0.25, 0.3) is 0 Å². The first-order chi connectivity index (χ1) is 7.18. The van der Waals surface area contributed by atoms with Crippen molar-refractivity contribution in [2.24, 2.45) is 0 Å². The van der Waals surface area contributed by atoms with Gasteiger partial charge in [-0.1, -0.05) is 30.3 Å². The van der Waals surface area contributed by atoms with Gasteiger partial charge in [0.1, 0.15) is 6.61 Å². The van der Waals surface area contributed by atoms with Gasteiger partial charge >= 0.3 is 5.97 Å². The van der Waals surface area contributed by atoms with Gasteiger partial charge in [-0.05, 0) is 5.56 Å². The summed E-state index contributed by atoms with van der Waals surface area (Å²) in [6, 6.07) is 9.60. The molecule has 0 N–H and O–H groups in total. The van der Waals surface area contributed by atoms with Gasteiger partial charge in [0.25, 0.3) is 0 Å². The number of ether oxygens (including phenoxy) is 1. The summed E-state index contributed by atoms with van der Waals surface area (Å²) in [5.41, 5.74) is 0.990. The largest absolute Gasteiger partial charge is 0.458 e. The number of hydrogen-bond acceptors (Lipinski definition) is 3. The van der Waals surface area contributed by atoms with E-state index in [0.717, 1.165) is 5.56 Å². The predicted octanol–water partition coefficient (Wildman–Crippen LogP) is 1.81. The number of benzene rings is 1. The maximum absolute atomic E-state index is 11.2. The molecule has 1 rings (SSSR count). The molecule has 0 aromatic heterocycles. The summed E-state index contributed by atoms with van der Waals surface area (Å²) in [6.45, 7) is 0.317. The molecule has 3 nitrogen and oxygen atoms in total. The summed E-state index contributed by atoms with van der Waals surface area (Å²) >= 11 is 0. The first-order valence-electron chi connectivity index (χ1n) is 4.74. The Bertz CT molecular complexity index is 331. The summed E-state index contributed by atoms with van der Waals surface area (Å²) in [4.78, 5) is 13.0. The van der Waals surface area contributed by atoms with Crippen LogP contribution in [0, 0.1) is 0 Å². The van der Waals surface area contributed by atoms with Crippen LogP contribution in [-0.2, 0) is 16.1 Å². The number of rotatable bonds is 4. The Labute approximate surface area is 90.0 Å². The molecule has 1 aromatic carbocycles. The number of esters is 1. The molecule has 0 amide bonds. The molecule has 15 heavy (non-hydrogen) atoms. The third kappa shape index (κ3) is 4.86. The summed E-state index contributed by atoms with van der Waals surface area (Å²) in [7, 11) is 3.70. The van der Waals surface area contributed by atoms with E-state index < -0.39 is 0 Å². The van der Waals surface area contributed by atoms with E-state index >= 15 is 0 Å². The molecule has 0 bridgehead atoms. The molecule has 0 fully saturated rings. The fourth-order valence-corrected chi connectivity index (χ4v) is 0.987. The second-order valence-electron chi connectivity index (χ2n) is 3.37. The van der Waals surface area contributed by atoms with Crippen LogP contribution in [0.4, 0.5) is 0 Å². The Kier molecular flexibility index (Phi) is 4.41. The van der Waals surface area contributed by atoms with Gasteiger partial charge in [0.15, 0.2) is 0 Å². The zero-order valence-electron chi connectivity index (χ0n) is 9.01. The van der Waals surface area contributed by atoms with Crippen molar-refractivity contribution >= 4 is 5.97 Å². The lowest BCUT2D eigenvalue weighted by Gasteiger charge is -2.04. The summed E-state index contributed by atoms with van der Waals surface area (Å²) < 4.78 is 5.03. The van der Waals surface area contributed by atoms with E-state index in [9.17, 15) is 4.79 Å². The van der Waals surface area contributed by atoms with Crippen molar-refractivity contribution in [2.75, 3.05) is 14.1 Å². The van der Waals surface area contributed by atoms with Crippen LogP contribution < -0.4 is 0 Å². The van der Waals surface area contributed by atoms with Gasteiger partial charge in [0.05, 0.1) is 0 Å². The Hall–Kier alpha value is -1.77. The maximum atomic E-state index is 11.2. The Morgan fingerprint density at radius 1 is 1.33 bits per heavy atom. The summed E-state index contributed by atoms with van der Waals surface area (Å²) in [6.07, 6.45) is 3.07. The van der Waals surface area contributed by atoms with Crippen LogP contribution in [0.15, 0.2) is 42.6 Å². The monoisotopic (exact) mass is 205 g/mol. The molecular formula is C12H15NO2. The van der Waals surface area contributed by atoms with Crippen molar-refractivity contribution in [1.29, 1.82) is 0 Å². The zero-order valence-corrected chi connectivity index (χ0v) is 9.01. The number of carbonyl (C=O) groups is 1. The number of carbonyl (C=O) groups excluding carboxylic acids is 1. The van der Waals surface area contributed by atoms with E-state index in [1.54, 1.807) is 11.1 Å². The minimum atomic E-state index is -0.326. The highest BCUT2D eigenvalue weighted by atomic mass is 16.5. The molecule has 0 saturated heterocycles. The highest BCUT2D eigenvalue weighted by Crippen LogP contribution is 2.00. The van der Waals surface area contributed by atoms with Crippen molar-refractivity contribution in [3.63, 3.8) is 0 Å². The van der Waals surface area contributed by atoms with Crippen LogP contribution in [0.5, 0.6) is 0 Å². The second-order valence-corrected chi connectivity index (χ2v) is 3.37. The molecule has 80 valence electrons. The molecule has 0 unspecified atom stereocenters. The molecule has 0 spiro atoms. The SMILES string of the molecule is CN(C)C=CC(=O)OCc1ccccc1. The van der Waals surface area contributed by atoms with Crippen molar-refractivity contribution in [2.45, 2.75) is 6.61 Å². The fourth-order valence-electron chi connectivity index (χ4n) is 0.987. The van der Waals surface area contributed by atoms with E-state index in [0.29, 0.717) is 6.61 Å². The van der Waals surface area contributed by atoms with E-state index in [2.05, 4.69) is 0 Å². The van der Waals surface area contributed by atoms with Crippen LogP contribution in [0.3, 0.4) is 0 Å². The van der Waals surface area contributed by atoms with Crippen molar-refractivity contribution in [3.8, 4) is 0 Å². The Balaban J connectivity index is 2.35. The van der Waals surface area contributed by atoms with Crippen LogP contribution in [-0.4, -0.2) is 25.0 Å². The fraction of sp³-hybridized carbons (Fsp3) is 0.250. The zero-order chi connectivity index (χ0) is 11.1. The molecule has 0 radical (unpaired) electrons. The molecule has 0 heterocycles. The maximum Gasteiger partial charge on any atom is 0.332 e. The van der Waals surface area contributed by atoms with Crippen molar-refractivity contribution in [3.05, 3.63) is 48.2 Å². The lowest BCUT2D eigenvalue weighted by Crippen LogP contribution is -2.05. The van der Waals surface area contributed by atoms with Gasteiger partial charge in [0.2, 0.25) is 0 Å². The molecule has 0 aliphatic rings. The molecular weight excluding hydrogens is 190 g/mol. The summed E-state index contributed by atoms with van der Waals surface area (Å²) in [5, 5.41) is 0. The van der Waals surface area contributed by atoms with Gasteiger partial charge < -0.3 is 9.64 Å². The summed E-state index contributed by atoms with van der Waals surface area (Å²) in [5.74, 6) is -0.326. The lowest BCUT2D eigenvalue weighted by atomic mass is 10.2. The second kappa shape index (κ2) is 5.86. The van der Waals surface area contributed by atoms with Crippen LogP contribution >= 0.6 is 0 Å². The first kappa shape index (κ1) is 11.3. The predicted molar refractivity (Wildman–Crippen MR) is 59.1 cm³/mol. The molecule has 0 saturated carbocycles. The van der Waals surface area contributed by atoms with Gasteiger partial charge in [-0.3, -0.25) is 0 Å². The van der Waals surface area contributed by atoms with Gasteiger partial charge in [-0.25, -0.2) is 4.79 Å². The smallest absolute Gasteiger partial charge is 0.332 e. The van der Waals surface area contributed by atoms with Crippen molar-refractivity contribution < 1.29 is 9.53 Å². The third-order valence-corrected chi connectivity index (χ3v) is 1.73. The quantitative estimate of drug-likeness (QED) is 0.554. The van der Waals surface area contributed by atoms with Crippen LogP contribution in [0.2, 0.25) is 0 Å². The van der Waals surface area contributed by atoms with Crippen LogP contribution in [0.1, 0.15) is 5.56 Å². The Morgan fingerprint density at radius 2 is 2.00 bits per heavy atom. The highest BCUT2D eigenvalue weighted by molar-refractivity contribution is 5.81. The molecule has 1 aromatic rings. The van der Waals surface area contributed by atoms with Crippen molar-refractivity contribution in [1.82, 2.24) is 4.90 Å². The average molecular weight is 205 g/mol.